The topological polar surface area (TPSA) is 17.1 Å². The van der Waals surface area contributed by atoms with Gasteiger partial charge in [-0.2, -0.15) is 0 Å². The molecule has 0 fully saturated rings. The van der Waals surface area contributed by atoms with E-state index >= 15 is 0 Å². The maximum absolute atomic E-state index is 11.6. The second-order valence-electron chi connectivity index (χ2n) is 0.556. The molecule has 0 aromatic heterocycles. The van der Waals surface area contributed by atoms with Gasteiger partial charge in [0.1, 0.15) is 18.6 Å². The minimum Gasteiger partial charge on any atom is -1.00 e. The van der Waals surface area contributed by atoms with E-state index in [-0.39, 0.29) is 24.0 Å². The van der Waals surface area contributed by atoms with Crippen molar-refractivity contribution in [1.29, 1.82) is 0 Å². The Balaban J connectivity index is 0. The highest BCUT2D eigenvalue weighted by molar-refractivity contribution is 8.00. The standard InChI is InChI=1S/C3H9OS.HI/c1-5(2,3)4;/h1-3H3;1H/q+1;/p-1/i1+1D3,2+1D3,3+1D3;. The second-order valence-corrected chi connectivity index (χ2v) is 1.67. The van der Waals surface area contributed by atoms with Gasteiger partial charge in [0.05, 0.1) is 22.3 Å². The van der Waals surface area contributed by atoms with Gasteiger partial charge >= 0.3 is 0 Å². The summed E-state index contributed by atoms with van der Waals surface area (Å²) in [5, 5.41) is 0. The first-order chi connectivity index (χ1) is 5.75. The first kappa shape index (κ1) is 1.23. The van der Waals surface area contributed by atoms with Crippen LogP contribution in [0.5, 0.6) is 0 Å². The van der Waals surface area contributed by atoms with Crippen LogP contribution in [0.2, 0.25) is 0 Å². The predicted molar refractivity (Wildman–Crippen MR) is 25.8 cm³/mol. The van der Waals surface area contributed by atoms with Crippen molar-refractivity contribution in [3.05, 3.63) is 0 Å². The highest BCUT2D eigenvalue weighted by Crippen LogP contribution is 1.78. The summed E-state index contributed by atoms with van der Waals surface area (Å²) in [6, 6.07) is 0. The largest absolute Gasteiger partial charge is 1.00 e. The van der Waals surface area contributed by atoms with E-state index in [0.717, 1.165) is 0 Å². The minimum absolute atomic E-state index is 0. The van der Waals surface area contributed by atoms with Gasteiger partial charge in [-0.05, 0) is 0 Å². The van der Waals surface area contributed by atoms with Crippen molar-refractivity contribution in [2.45, 2.75) is 0 Å². The Morgan fingerprint density at radius 1 is 1.50 bits per heavy atom. The van der Waals surface area contributed by atoms with Gasteiger partial charge in [0.25, 0.3) is 0 Å². The average Bonchev–Trinajstić information content (AvgIpc) is 1.77. The molecule has 0 spiro atoms. The first-order valence-corrected chi connectivity index (χ1v) is 2.34. The minimum atomic E-state index is -4.94. The molecule has 0 heterocycles. The molecule has 0 aliphatic carbocycles. The molecule has 0 aromatic rings. The van der Waals surface area contributed by atoms with Crippen molar-refractivity contribution in [1.82, 2.24) is 0 Å². The van der Waals surface area contributed by atoms with Crippen LogP contribution in [0.15, 0.2) is 0 Å². The number of halogens is 1. The van der Waals surface area contributed by atoms with Crippen LogP contribution >= 0.6 is 0 Å². The van der Waals surface area contributed by atoms with E-state index in [1.165, 1.54) is 0 Å². The van der Waals surface area contributed by atoms with Crippen molar-refractivity contribution in [3.63, 3.8) is 0 Å². The summed E-state index contributed by atoms with van der Waals surface area (Å²) in [4.78, 5) is 0. The Kier molecular flexibility index (Phi) is 0.609. The molecule has 1 nitrogen and oxygen atoms in total. The summed E-state index contributed by atoms with van der Waals surface area (Å²) in [5.41, 5.74) is 0. The fourth-order valence-corrected chi connectivity index (χ4v) is 0. The van der Waals surface area contributed by atoms with Gasteiger partial charge < -0.3 is 24.0 Å². The zero-order valence-electron chi connectivity index (χ0n) is 11.7. The third-order valence-electron chi connectivity index (χ3n) is 0. The van der Waals surface area contributed by atoms with Crippen LogP contribution in [0.3, 0.4) is 0 Å². The Morgan fingerprint density at radius 2 is 1.83 bits per heavy atom. The summed E-state index contributed by atoms with van der Waals surface area (Å²) < 4.78 is 72.2. The van der Waals surface area contributed by atoms with Gasteiger partial charge in [0, 0.05) is 0 Å². The lowest BCUT2D eigenvalue weighted by atomic mass is 12.8. The molecule has 0 aromatic carbocycles. The number of hydrogen-bond donors (Lipinski definition) is 0. The van der Waals surface area contributed by atoms with Crippen LogP contribution in [0, 0.1) is 0 Å². The fourth-order valence-electron chi connectivity index (χ4n) is 0. The maximum Gasteiger partial charge on any atom is 0.101 e. The highest BCUT2D eigenvalue weighted by atomic mass is 127. The van der Waals surface area contributed by atoms with Crippen LogP contribution in [-0.2, 0) is 14.1 Å². The van der Waals surface area contributed by atoms with Crippen LogP contribution in [0.4, 0.5) is 0 Å². The molecule has 0 atom stereocenters. The zero-order valence-corrected chi connectivity index (χ0v) is 5.67. The van der Waals surface area contributed by atoms with Gasteiger partial charge in [-0.25, -0.2) is 0 Å². The first-order valence-electron chi connectivity index (χ1n) is 5.28. The normalized spacial score (nSPS) is 38.3. The Morgan fingerprint density at radius 3 is 1.83 bits per heavy atom. The SMILES string of the molecule is [2H][13C]([2H])([2H])[S+](=O)([13C]([2H])([2H])[2H])[13C]([2H])([2H])[2H].[I-]. The summed E-state index contributed by atoms with van der Waals surface area (Å²) in [6.45, 7) is 0. The van der Waals surface area contributed by atoms with Gasteiger partial charge in [0.15, 0.2) is 0 Å². The summed E-state index contributed by atoms with van der Waals surface area (Å²) >= 11 is 0. The Labute approximate surface area is 69.6 Å². The van der Waals surface area contributed by atoms with Crippen LogP contribution in [0.1, 0.15) is 12.3 Å². The van der Waals surface area contributed by atoms with Crippen molar-refractivity contribution < 1.29 is 40.5 Å². The molecule has 40 valence electrons. The lowest BCUT2D eigenvalue weighted by molar-refractivity contribution is -0.00000277. The molecule has 0 N–H and O–H groups in total. The molecular weight excluding hydrogens is 214 g/mol. The lowest BCUT2D eigenvalue weighted by Crippen LogP contribution is -3.00. The molecule has 3 heteroatoms. The van der Waals surface area contributed by atoms with E-state index in [1.54, 1.807) is 0 Å². The monoisotopic (exact) mass is 232 g/mol. The van der Waals surface area contributed by atoms with Crippen molar-refractivity contribution in [2.75, 3.05) is 18.6 Å². The Hall–Kier alpha value is 0.880. The van der Waals surface area contributed by atoms with E-state index in [1.807, 2.05) is 0 Å². The third-order valence-corrected chi connectivity index (χ3v) is 0. The number of hydrogen-bond acceptors (Lipinski definition) is 1. The van der Waals surface area contributed by atoms with Crippen LogP contribution in [-0.4, -0.2) is 18.6 Å². The van der Waals surface area contributed by atoms with Gasteiger partial charge in [0.2, 0.25) is 0 Å². The lowest BCUT2D eigenvalue weighted by Gasteiger charge is -1.80. The quantitative estimate of drug-likeness (QED) is 0.254. The van der Waals surface area contributed by atoms with Crippen LogP contribution < -0.4 is 24.0 Å². The van der Waals surface area contributed by atoms with E-state index in [4.69, 9.17) is 12.3 Å². The summed E-state index contributed by atoms with van der Waals surface area (Å²) in [7, 11) is -4.94. The van der Waals surface area contributed by atoms with Crippen molar-refractivity contribution >= 4 is 9.93 Å². The molecule has 6 heavy (non-hydrogen) atoms. The highest BCUT2D eigenvalue weighted by Gasteiger charge is 1.95. The molecule has 0 aliphatic rings. The van der Waals surface area contributed by atoms with E-state index in [9.17, 15) is 4.21 Å². The molecule has 0 saturated heterocycles. The van der Waals surface area contributed by atoms with E-state index in [0.29, 0.717) is 0 Å². The van der Waals surface area contributed by atoms with E-state index < -0.39 is 28.5 Å². The van der Waals surface area contributed by atoms with Gasteiger partial charge in [-0.3, -0.25) is 0 Å². The summed E-state index contributed by atoms with van der Waals surface area (Å²) in [5.74, 6) is 0. The molecule has 0 amide bonds. The van der Waals surface area contributed by atoms with Crippen LogP contribution in [0.25, 0.3) is 0 Å². The van der Waals surface area contributed by atoms with Crippen molar-refractivity contribution in [3.8, 4) is 0 Å². The Bertz CT molecular complexity index is 217. The molecule has 0 bridgehead atoms. The number of rotatable bonds is 0. The molecule has 0 unspecified atom stereocenters. The predicted octanol–water partition coefficient (Wildman–Crippen LogP) is -2.62. The van der Waals surface area contributed by atoms with Gasteiger partial charge in [-0.1, -0.05) is 0 Å². The van der Waals surface area contributed by atoms with Crippen molar-refractivity contribution in [2.24, 2.45) is 0 Å². The molecule has 0 rings (SSSR count). The molecule has 0 saturated carbocycles. The fraction of sp³-hybridized carbons (Fsp3) is 1.00. The molecule has 0 radical (unpaired) electrons. The zero-order chi connectivity index (χ0) is 12.0. The summed E-state index contributed by atoms with van der Waals surface area (Å²) in [6.07, 6.45) is -10.6. The smallest absolute Gasteiger partial charge is 0.101 e. The molecule has 0 aliphatic heterocycles. The third kappa shape index (κ3) is 94.9. The second kappa shape index (κ2) is 2.96. The van der Waals surface area contributed by atoms with E-state index in [2.05, 4.69) is 0 Å². The van der Waals surface area contributed by atoms with Gasteiger partial charge in [-0.15, -0.1) is 4.21 Å². The molecular formula is C3H9IOS. The maximum atomic E-state index is 11.6. The average molecular weight is 232 g/mol.